The maximum absolute atomic E-state index is 12.3. The normalized spacial score (nSPS) is 12.1. The number of anilines is 1. The molecule has 118 valence electrons. The third-order valence-corrected chi connectivity index (χ3v) is 5.19. The Hall–Kier alpha value is -1.57. The van der Waals surface area contributed by atoms with Crippen LogP contribution in [0.4, 0.5) is 5.69 Å². The smallest absolute Gasteiger partial charge is 0.261 e. The maximum Gasteiger partial charge on any atom is 0.261 e. The summed E-state index contributed by atoms with van der Waals surface area (Å²) in [7, 11) is -6.97. The topological polar surface area (TPSA) is 80.3 Å². The highest BCUT2D eigenvalue weighted by atomic mass is 35.5. The number of halogens is 1. The lowest BCUT2D eigenvalue weighted by molar-refractivity contribution is 0.599. The van der Waals surface area contributed by atoms with Gasteiger partial charge in [-0.3, -0.25) is 4.72 Å². The van der Waals surface area contributed by atoms with Crippen LogP contribution in [0.15, 0.2) is 53.4 Å². The monoisotopic (exact) mass is 359 g/mol. The van der Waals surface area contributed by atoms with Crippen molar-refractivity contribution in [1.29, 1.82) is 0 Å². The molecule has 0 amide bonds. The minimum absolute atomic E-state index is 0.0357. The van der Waals surface area contributed by atoms with Crippen molar-refractivity contribution in [3.05, 3.63) is 59.1 Å². The number of rotatable bonds is 5. The van der Waals surface area contributed by atoms with Crippen molar-refractivity contribution in [3.63, 3.8) is 0 Å². The van der Waals surface area contributed by atoms with Gasteiger partial charge in [0.05, 0.1) is 10.6 Å². The first-order valence-corrected chi connectivity index (χ1v) is 10.1. The Kier molecular flexibility index (Phi) is 4.79. The highest BCUT2D eigenvalue weighted by Crippen LogP contribution is 2.20. The average Bonchev–Trinajstić information content (AvgIpc) is 2.36. The minimum Gasteiger partial charge on any atom is -0.280 e. The summed E-state index contributed by atoms with van der Waals surface area (Å²) in [6.45, 7) is 0. The zero-order valence-corrected chi connectivity index (χ0v) is 14.0. The molecule has 2 rings (SSSR count). The zero-order valence-electron chi connectivity index (χ0n) is 11.7. The van der Waals surface area contributed by atoms with Crippen LogP contribution in [0, 0.1) is 0 Å². The Balaban J connectivity index is 2.29. The van der Waals surface area contributed by atoms with Crippen molar-refractivity contribution < 1.29 is 16.8 Å². The third-order valence-electron chi connectivity index (χ3n) is 2.71. The van der Waals surface area contributed by atoms with Crippen LogP contribution in [-0.2, 0) is 25.6 Å². The van der Waals surface area contributed by atoms with Gasteiger partial charge in [0.15, 0.2) is 9.84 Å². The van der Waals surface area contributed by atoms with Gasteiger partial charge in [-0.25, -0.2) is 16.8 Å². The second-order valence-corrected chi connectivity index (χ2v) is 9.09. The summed E-state index contributed by atoms with van der Waals surface area (Å²) >= 11 is 5.79. The van der Waals surface area contributed by atoms with Crippen LogP contribution in [-0.4, -0.2) is 23.1 Å². The SMILES string of the molecule is CS(=O)(=O)Cc1cccc(NS(=O)(=O)c2cccc(Cl)c2)c1. The zero-order chi connectivity index (χ0) is 16.4. The fourth-order valence-corrected chi connectivity index (χ4v) is 4.01. The van der Waals surface area contributed by atoms with Gasteiger partial charge in [-0.1, -0.05) is 29.8 Å². The van der Waals surface area contributed by atoms with Crippen molar-refractivity contribution in [2.24, 2.45) is 0 Å². The van der Waals surface area contributed by atoms with Crippen LogP contribution in [0.5, 0.6) is 0 Å². The molecule has 0 aliphatic heterocycles. The minimum atomic E-state index is -3.78. The first-order valence-electron chi connectivity index (χ1n) is 6.21. The Morgan fingerprint density at radius 2 is 1.68 bits per heavy atom. The van der Waals surface area contributed by atoms with E-state index in [0.29, 0.717) is 16.3 Å². The third kappa shape index (κ3) is 4.72. The molecule has 1 N–H and O–H groups in total. The van der Waals surface area contributed by atoms with E-state index >= 15 is 0 Å². The Labute approximate surface area is 134 Å². The Morgan fingerprint density at radius 1 is 1.00 bits per heavy atom. The second kappa shape index (κ2) is 6.28. The molecule has 0 bridgehead atoms. The molecule has 0 saturated carbocycles. The van der Waals surface area contributed by atoms with E-state index in [9.17, 15) is 16.8 Å². The fraction of sp³-hybridized carbons (Fsp3) is 0.143. The summed E-state index contributed by atoms with van der Waals surface area (Å²) in [5, 5.41) is 0.314. The van der Waals surface area contributed by atoms with Crippen molar-refractivity contribution in [2.75, 3.05) is 11.0 Å². The van der Waals surface area contributed by atoms with E-state index in [1.165, 1.54) is 24.3 Å². The standard InChI is InChI=1S/C14H14ClNO4S2/c1-21(17,18)10-11-4-2-6-13(8-11)16-22(19,20)14-7-3-5-12(15)9-14/h2-9,16H,10H2,1H3. The van der Waals surface area contributed by atoms with Gasteiger partial charge in [0.2, 0.25) is 0 Å². The molecule has 8 heteroatoms. The molecule has 2 aromatic carbocycles. The van der Waals surface area contributed by atoms with Crippen molar-refractivity contribution in [2.45, 2.75) is 10.6 Å². The van der Waals surface area contributed by atoms with Gasteiger partial charge in [0, 0.05) is 17.0 Å². The predicted molar refractivity (Wildman–Crippen MR) is 87.3 cm³/mol. The molecule has 0 fully saturated rings. The Morgan fingerprint density at radius 3 is 2.32 bits per heavy atom. The van der Waals surface area contributed by atoms with E-state index in [4.69, 9.17) is 11.6 Å². The summed E-state index contributed by atoms with van der Waals surface area (Å²) in [5.74, 6) is -0.153. The van der Waals surface area contributed by atoms with Gasteiger partial charge in [-0.2, -0.15) is 0 Å². The highest BCUT2D eigenvalue weighted by molar-refractivity contribution is 7.92. The van der Waals surface area contributed by atoms with Crippen LogP contribution < -0.4 is 4.72 Å². The molecule has 0 aromatic heterocycles. The lowest BCUT2D eigenvalue weighted by atomic mass is 10.2. The highest BCUT2D eigenvalue weighted by Gasteiger charge is 2.15. The molecule has 0 spiro atoms. The number of hydrogen-bond acceptors (Lipinski definition) is 4. The summed E-state index contributed by atoms with van der Waals surface area (Å²) in [6.07, 6.45) is 1.12. The van der Waals surface area contributed by atoms with Crippen LogP contribution in [0.1, 0.15) is 5.56 Å². The molecule has 0 heterocycles. The molecule has 5 nitrogen and oxygen atoms in total. The molecule has 22 heavy (non-hydrogen) atoms. The number of sulfonamides is 1. The molecule has 0 saturated heterocycles. The summed E-state index contributed by atoms with van der Waals surface area (Å²) in [4.78, 5) is 0.0357. The summed E-state index contributed by atoms with van der Waals surface area (Å²) in [5.41, 5.74) is 0.801. The van der Waals surface area contributed by atoms with Crippen molar-refractivity contribution >= 4 is 37.1 Å². The van der Waals surface area contributed by atoms with Crippen LogP contribution in [0.3, 0.4) is 0 Å². The summed E-state index contributed by atoms with van der Waals surface area (Å²) in [6, 6.07) is 12.1. The molecule has 0 radical (unpaired) electrons. The van der Waals surface area contributed by atoms with E-state index in [2.05, 4.69) is 4.72 Å². The molecule has 0 aliphatic carbocycles. The lowest BCUT2D eigenvalue weighted by Gasteiger charge is -2.09. The van der Waals surface area contributed by atoms with E-state index in [0.717, 1.165) is 6.26 Å². The van der Waals surface area contributed by atoms with E-state index < -0.39 is 19.9 Å². The predicted octanol–water partition coefficient (Wildman–Crippen LogP) is 2.69. The van der Waals surface area contributed by atoms with Crippen molar-refractivity contribution in [1.82, 2.24) is 0 Å². The maximum atomic E-state index is 12.3. The molecule has 0 aliphatic rings. The summed E-state index contributed by atoms with van der Waals surface area (Å²) < 4.78 is 49.5. The number of benzene rings is 2. The lowest BCUT2D eigenvalue weighted by Crippen LogP contribution is -2.13. The van der Waals surface area contributed by atoms with E-state index in [1.807, 2.05) is 0 Å². The molecular formula is C14H14ClNO4S2. The quantitative estimate of drug-likeness (QED) is 0.890. The van der Waals surface area contributed by atoms with Gasteiger partial charge in [0.25, 0.3) is 10.0 Å². The molecule has 0 atom stereocenters. The first kappa shape index (κ1) is 16.8. The number of nitrogens with one attached hydrogen (secondary N) is 1. The molecule has 0 unspecified atom stereocenters. The van der Waals surface area contributed by atoms with Crippen LogP contribution >= 0.6 is 11.6 Å². The number of sulfone groups is 1. The first-order chi connectivity index (χ1) is 10.2. The van der Waals surface area contributed by atoms with E-state index in [1.54, 1.807) is 24.3 Å². The molecular weight excluding hydrogens is 346 g/mol. The average molecular weight is 360 g/mol. The fourth-order valence-electron chi connectivity index (χ4n) is 1.88. The van der Waals surface area contributed by atoms with Gasteiger partial charge < -0.3 is 0 Å². The van der Waals surface area contributed by atoms with Crippen molar-refractivity contribution in [3.8, 4) is 0 Å². The number of hydrogen-bond donors (Lipinski definition) is 1. The van der Waals surface area contributed by atoms with Gasteiger partial charge in [-0.15, -0.1) is 0 Å². The van der Waals surface area contributed by atoms with Crippen LogP contribution in [0.25, 0.3) is 0 Å². The second-order valence-electron chi connectivity index (χ2n) is 4.83. The van der Waals surface area contributed by atoms with Crippen LogP contribution in [0.2, 0.25) is 5.02 Å². The van der Waals surface area contributed by atoms with Gasteiger partial charge >= 0.3 is 0 Å². The van der Waals surface area contributed by atoms with Gasteiger partial charge in [-0.05, 0) is 35.9 Å². The van der Waals surface area contributed by atoms with E-state index in [-0.39, 0.29) is 10.6 Å². The Bertz CT molecular complexity index is 893. The molecule has 2 aromatic rings. The van der Waals surface area contributed by atoms with Gasteiger partial charge in [0.1, 0.15) is 0 Å². The largest absolute Gasteiger partial charge is 0.280 e.